The highest BCUT2D eigenvalue weighted by atomic mass is 35.5. The van der Waals surface area contributed by atoms with Gasteiger partial charge in [-0.1, -0.05) is 37.6 Å². The lowest BCUT2D eigenvalue weighted by Gasteiger charge is -2.51. The molecule has 1 fully saturated rings. The summed E-state index contributed by atoms with van der Waals surface area (Å²) in [6.07, 6.45) is 3.52. The predicted octanol–water partition coefficient (Wildman–Crippen LogP) is 4.80. The van der Waals surface area contributed by atoms with Gasteiger partial charge in [0.2, 0.25) is 0 Å². The van der Waals surface area contributed by atoms with Crippen molar-refractivity contribution in [3.05, 3.63) is 64.9 Å². The maximum atomic E-state index is 13.4. The third-order valence-electron chi connectivity index (χ3n) is 6.17. The van der Waals surface area contributed by atoms with Crippen LogP contribution in [0.15, 0.2) is 48.5 Å². The van der Waals surface area contributed by atoms with Crippen LogP contribution in [0.25, 0.3) is 0 Å². The van der Waals surface area contributed by atoms with Gasteiger partial charge in [-0.2, -0.15) is 11.8 Å². The summed E-state index contributed by atoms with van der Waals surface area (Å²) >= 11 is 7.72. The van der Waals surface area contributed by atoms with Crippen molar-refractivity contribution >= 4 is 29.3 Å². The molecule has 0 radical (unpaired) electrons. The van der Waals surface area contributed by atoms with E-state index in [1.165, 1.54) is 12.1 Å². The third-order valence-corrected chi connectivity index (χ3v) is 7.49. The van der Waals surface area contributed by atoms with E-state index >= 15 is 0 Å². The number of carbonyl (C=O) groups is 1. The molecule has 7 heteroatoms. The average molecular weight is 465 g/mol. The first-order valence-electron chi connectivity index (χ1n) is 10.6. The summed E-state index contributed by atoms with van der Waals surface area (Å²) in [5.41, 5.74) is 0.616. The number of amides is 1. The molecule has 0 aromatic heterocycles. The van der Waals surface area contributed by atoms with E-state index in [2.05, 4.69) is 25.4 Å². The van der Waals surface area contributed by atoms with Crippen molar-refractivity contribution in [3.63, 3.8) is 0 Å². The van der Waals surface area contributed by atoms with Gasteiger partial charge >= 0.3 is 0 Å². The number of nitrogens with zero attached hydrogens (tertiary/aromatic N) is 1. The van der Waals surface area contributed by atoms with Crippen molar-refractivity contribution in [2.75, 3.05) is 26.0 Å². The number of hydrogen-bond acceptors (Lipinski definition) is 4. The molecule has 1 aliphatic heterocycles. The Labute approximate surface area is 193 Å². The number of ether oxygens (including phenoxy) is 1. The van der Waals surface area contributed by atoms with Crippen LogP contribution >= 0.6 is 23.4 Å². The van der Waals surface area contributed by atoms with Crippen LogP contribution in [0.2, 0.25) is 5.02 Å². The molecule has 3 unspecified atom stereocenters. The number of nitrogens with one attached hydrogen (secondary N) is 1. The van der Waals surface area contributed by atoms with Gasteiger partial charge in [-0.05, 0) is 61.1 Å². The topological polar surface area (TPSA) is 41.6 Å². The van der Waals surface area contributed by atoms with Crippen molar-refractivity contribution in [1.29, 1.82) is 0 Å². The van der Waals surface area contributed by atoms with Crippen LogP contribution in [0.3, 0.4) is 0 Å². The highest BCUT2D eigenvalue weighted by Gasteiger charge is 2.44. The zero-order chi connectivity index (χ0) is 22.4. The standard InChI is InChI=1S/C24H30ClFN2O2S/c1-4-24(13-18-5-9-20(26)10-6-18)16-27-22(17(2)31-3)14-28(24)23(29)15-30-21-11-7-19(25)8-12-21/h5-12,17,22,27H,4,13-16H2,1-3H3. The van der Waals surface area contributed by atoms with E-state index in [-0.39, 0.29) is 24.4 Å². The second kappa shape index (κ2) is 10.7. The Balaban J connectivity index is 1.81. The summed E-state index contributed by atoms with van der Waals surface area (Å²) in [6, 6.07) is 13.8. The molecule has 3 rings (SSSR count). The minimum absolute atomic E-state index is 0.0346. The first kappa shape index (κ1) is 23.9. The predicted molar refractivity (Wildman–Crippen MR) is 127 cm³/mol. The summed E-state index contributed by atoms with van der Waals surface area (Å²) in [6.45, 7) is 5.54. The Bertz CT molecular complexity index is 865. The fourth-order valence-electron chi connectivity index (χ4n) is 4.05. The average Bonchev–Trinajstić information content (AvgIpc) is 2.79. The highest BCUT2D eigenvalue weighted by Crippen LogP contribution is 2.30. The molecule has 1 saturated heterocycles. The molecule has 0 aliphatic carbocycles. The molecule has 2 aromatic carbocycles. The lowest BCUT2D eigenvalue weighted by molar-refractivity contribution is -0.143. The number of carbonyl (C=O) groups excluding carboxylic acids is 1. The molecule has 0 spiro atoms. The van der Waals surface area contributed by atoms with Crippen LogP contribution < -0.4 is 10.1 Å². The Morgan fingerprint density at radius 3 is 2.58 bits per heavy atom. The van der Waals surface area contributed by atoms with Gasteiger partial charge in [-0.25, -0.2) is 4.39 Å². The minimum Gasteiger partial charge on any atom is -0.484 e. The highest BCUT2D eigenvalue weighted by molar-refractivity contribution is 7.99. The normalized spacial score (nSPS) is 22.2. The monoisotopic (exact) mass is 464 g/mol. The van der Waals surface area contributed by atoms with Gasteiger partial charge in [0.1, 0.15) is 11.6 Å². The maximum absolute atomic E-state index is 13.4. The van der Waals surface area contributed by atoms with E-state index in [1.807, 2.05) is 4.90 Å². The molecule has 4 nitrogen and oxygen atoms in total. The number of halogens is 2. The molecule has 31 heavy (non-hydrogen) atoms. The van der Waals surface area contributed by atoms with E-state index in [4.69, 9.17) is 16.3 Å². The first-order valence-corrected chi connectivity index (χ1v) is 12.2. The maximum Gasteiger partial charge on any atom is 0.261 e. The number of rotatable bonds is 8. The van der Waals surface area contributed by atoms with Crippen LogP contribution in [0, 0.1) is 5.82 Å². The molecule has 1 aliphatic rings. The van der Waals surface area contributed by atoms with Crippen molar-refractivity contribution < 1.29 is 13.9 Å². The first-order chi connectivity index (χ1) is 14.9. The molecule has 0 saturated carbocycles. The summed E-state index contributed by atoms with van der Waals surface area (Å²) in [5, 5.41) is 4.66. The van der Waals surface area contributed by atoms with Crippen molar-refractivity contribution in [3.8, 4) is 5.75 Å². The molecular formula is C24H30ClFN2O2S. The smallest absolute Gasteiger partial charge is 0.261 e. The number of hydrogen-bond donors (Lipinski definition) is 1. The Morgan fingerprint density at radius 2 is 1.97 bits per heavy atom. The summed E-state index contributed by atoms with van der Waals surface area (Å²) < 4.78 is 19.2. The van der Waals surface area contributed by atoms with Gasteiger partial charge in [0.25, 0.3) is 5.91 Å². The van der Waals surface area contributed by atoms with Crippen LogP contribution in [-0.4, -0.2) is 53.6 Å². The summed E-state index contributed by atoms with van der Waals surface area (Å²) in [7, 11) is 0. The molecule has 2 aromatic rings. The fourth-order valence-corrected chi connectivity index (χ4v) is 4.69. The second-order valence-corrected chi connectivity index (χ2v) is 9.71. The molecule has 1 N–H and O–H groups in total. The second-order valence-electron chi connectivity index (χ2n) is 8.06. The lowest BCUT2D eigenvalue weighted by atomic mass is 9.83. The Hall–Kier alpha value is -1.76. The molecule has 1 heterocycles. The number of benzene rings is 2. The number of piperazine rings is 1. The van der Waals surface area contributed by atoms with Gasteiger partial charge in [-0.15, -0.1) is 0 Å². The van der Waals surface area contributed by atoms with Crippen LogP contribution in [-0.2, 0) is 11.2 Å². The van der Waals surface area contributed by atoms with Gasteiger partial charge in [0.15, 0.2) is 6.61 Å². The van der Waals surface area contributed by atoms with Gasteiger partial charge in [0, 0.05) is 29.4 Å². The zero-order valence-corrected chi connectivity index (χ0v) is 19.8. The molecular weight excluding hydrogens is 435 g/mol. The molecule has 0 bridgehead atoms. The van der Waals surface area contributed by atoms with E-state index in [0.29, 0.717) is 35.5 Å². The van der Waals surface area contributed by atoms with Gasteiger partial charge in [-0.3, -0.25) is 4.79 Å². The largest absolute Gasteiger partial charge is 0.484 e. The Morgan fingerprint density at radius 1 is 1.29 bits per heavy atom. The zero-order valence-electron chi connectivity index (χ0n) is 18.2. The van der Waals surface area contributed by atoms with Crippen molar-refractivity contribution in [1.82, 2.24) is 10.2 Å². The summed E-state index contributed by atoms with van der Waals surface area (Å²) in [4.78, 5) is 15.4. The van der Waals surface area contributed by atoms with Crippen LogP contribution in [0.5, 0.6) is 5.75 Å². The molecule has 1 amide bonds. The SMILES string of the molecule is CCC1(Cc2ccc(F)cc2)CNC(C(C)SC)CN1C(=O)COc1ccc(Cl)cc1. The van der Waals surface area contributed by atoms with Gasteiger partial charge in [0.05, 0.1) is 5.54 Å². The van der Waals surface area contributed by atoms with Crippen molar-refractivity contribution in [2.45, 2.75) is 43.5 Å². The van der Waals surface area contributed by atoms with Crippen molar-refractivity contribution in [2.24, 2.45) is 0 Å². The van der Waals surface area contributed by atoms with E-state index in [0.717, 1.165) is 12.0 Å². The minimum atomic E-state index is -0.396. The van der Waals surface area contributed by atoms with E-state index in [9.17, 15) is 9.18 Å². The molecule has 168 valence electrons. The molecule has 3 atom stereocenters. The third kappa shape index (κ3) is 5.93. The van der Waals surface area contributed by atoms with Crippen LogP contribution in [0.4, 0.5) is 4.39 Å². The van der Waals surface area contributed by atoms with Gasteiger partial charge < -0.3 is 15.0 Å². The quantitative estimate of drug-likeness (QED) is 0.609. The number of thioether (sulfide) groups is 1. The fraction of sp³-hybridized carbons (Fsp3) is 0.458. The Kier molecular flexibility index (Phi) is 8.25. The van der Waals surface area contributed by atoms with Crippen LogP contribution in [0.1, 0.15) is 25.8 Å². The summed E-state index contributed by atoms with van der Waals surface area (Å²) in [5.74, 6) is 0.315. The van der Waals surface area contributed by atoms with E-state index in [1.54, 1.807) is 48.2 Å². The van der Waals surface area contributed by atoms with E-state index < -0.39 is 5.54 Å². The lowest BCUT2D eigenvalue weighted by Crippen LogP contribution is -2.69.